The first-order valence-corrected chi connectivity index (χ1v) is 11.8. The Bertz CT molecular complexity index is 1050. The first kappa shape index (κ1) is 22.6. The van der Waals surface area contributed by atoms with Gasteiger partial charge in [-0.25, -0.2) is 4.98 Å². The number of hydrogen-bond acceptors (Lipinski definition) is 3. The van der Waals surface area contributed by atoms with Crippen LogP contribution in [0.15, 0.2) is 60.9 Å². The quantitative estimate of drug-likeness (QED) is 0.516. The second-order valence-corrected chi connectivity index (χ2v) is 9.11. The summed E-state index contributed by atoms with van der Waals surface area (Å²) in [5.74, 6) is 1.70. The molecule has 1 unspecified atom stereocenters. The van der Waals surface area contributed by atoms with Gasteiger partial charge in [0.2, 0.25) is 5.91 Å². The highest BCUT2D eigenvalue weighted by atomic mass is 35.5. The molecule has 0 radical (unpaired) electrons. The topological polar surface area (TPSA) is 50.2 Å². The first-order chi connectivity index (χ1) is 15.6. The predicted octanol–water partition coefficient (Wildman–Crippen LogP) is 5.14. The molecule has 0 spiro atoms. The third kappa shape index (κ3) is 5.99. The van der Waals surface area contributed by atoms with Crippen molar-refractivity contribution in [1.29, 1.82) is 0 Å². The molecular weight excluding hydrogens is 420 g/mol. The SMILES string of the molecule is Cc1cccc(-n2ccnc2CN2CCCC(CCC(=O)NCc3ccccc3Cl)C2)c1. The third-order valence-corrected chi connectivity index (χ3v) is 6.55. The van der Waals surface area contributed by atoms with E-state index in [0.717, 1.165) is 49.6 Å². The van der Waals surface area contributed by atoms with Crippen LogP contribution in [0.1, 0.15) is 42.6 Å². The number of rotatable bonds is 8. The molecule has 6 heteroatoms. The molecule has 2 heterocycles. The maximum Gasteiger partial charge on any atom is 0.220 e. The molecule has 0 saturated carbocycles. The Hall–Kier alpha value is -2.63. The monoisotopic (exact) mass is 450 g/mol. The Morgan fingerprint density at radius 1 is 1.22 bits per heavy atom. The van der Waals surface area contributed by atoms with E-state index in [4.69, 9.17) is 11.6 Å². The number of imidazole rings is 1. The molecule has 3 aromatic rings. The van der Waals surface area contributed by atoms with Gasteiger partial charge in [-0.05, 0) is 68.0 Å². The van der Waals surface area contributed by atoms with E-state index in [1.807, 2.05) is 36.7 Å². The van der Waals surface area contributed by atoms with Gasteiger partial charge in [0, 0.05) is 42.6 Å². The zero-order valence-electron chi connectivity index (χ0n) is 18.6. The molecular formula is C26H31ClN4O. The van der Waals surface area contributed by atoms with Gasteiger partial charge in [0.1, 0.15) is 5.82 Å². The van der Waals surface area contributed by atoms with Crippen LogP contribution in [0, 0.1) is 12.8 Å². The van der Waals surface area contributed by atoms with E-state index in [2.05, 4.69) is 51.0 Å². The summed E-state index contributed by atoms with van der Waals surface area (Å²) in [6.45, 7) is 5.52. The summed E-state index contributed by atoms with van der Waals surface area (Å²) in [7, 11) is 0. The minimum atomic E-state index is 0.0945. The zero-order valence-corrected chi connectivity index (χ0v) is 19.4. The lowest BCUT2D eigenvalue weighted by Crippen LogP contribution is -2.36. The van der Waals surface area contributed by atoms with Crippen molar-refractivity contribution < 1.29 is 4.79 Å². The van der Waals surface area contributed by atoms with E-state index in [-0.39, 0.29) is 5.91 Å². The number of aryl methyl sites for hydroxylation is 1. The first-order valence-electron chi connectivity index (χ1n) is 11.4. The number of amides is 1. The van der Waals surface area contributed by atoms with Crippen molar-refractivity contribution in [1.82, 2.24) is 19.8 Å². The Morgan fingerprint density at radius 3 is 2.94 bits per heavy atom. The van der Waals surface area contributed by atoms with Crippen molar-refractivity contribution in [3.05, 3.63) is 82.9 Å². The van der Waals surface area contributed by atoms with Crippen LogP contribution in [0.25, 0.3) is 5.69 Å². The molecule has 0 aliphatic carbocycles. The summed E-state index contributed by atoms with van der Waals surface area (Å²) in [6.07, 6.45) is 7.73. The van der Waals surface area contributed by atoms with Crippen LogP contribution in [-0.2, 0) is 17.9 Å². The molecule has 32 heavy (non-hydrogen) atoms. The van der Waals surface area contributed by atoms with Crippen LogP contribution in [-0.4, -0.2) is 33.4 Å². The summed E-state index contributed by atoms with van der Waals surface area (Å²) in [6, 6.07) is 16.1. The summed E-state index contributed by atoms with van der Waals surface area (Å²) in [5.41, 5.74) is 3.35. The number of nitrogens with one attached hydrogen (secondary N) is 1. The normalized spacial score (nSPS) is 16.8. The summed E-state index contributed by atoms with van der Waals surface area (Å²) in [5, 5.41) is 3.70. The Labute approximate surface area is 195 Å². The van der Waals surface area contributed by atoms with E-state index >= 15 is 0 Å². The average molecular weight is 451 g/mol. The van der Waals surface area contributed by atoms with Gasteiger partial charge in [-0.2, -0.15) is 0 Å². The van der Waals surface area contributed by atoms with Crippen molar-refractivity contribution in [2.45, 2.75) is 45.7 Å². The molecule has 1 amide bonds. The molecule has 1 saturated heterocycles. The Balaban J connectivity index is 1.27. The van der Waals surface area contributed by atoms with Crippen LogP contribution in [0.2, 0.25) is 5.02 Å². The summed E-state index contributed by atoms with van der Waals surface area (Å²) in [4.78, 5) is 19.5. The van der Waals surface area contributed by atoms with E-state index in [1.54, 1.807) is 0 Å². The van der Waals surface area contributed by atoms with Gasteiger partial charge in [-0.1, -0.05) is 41.9 Å². The van der Waals surface area contributed by atoms with Gasteiger partial charge in [0.25, 0.3) is 0 Å². The number of benzene rings is 2. The maximum atomic E-state index is 12.4. The highest BCUT2D eigenvalue weighted by Crippen LogP contribution is 2.23. The minimum absolute atomic E-state index is 0.0945. The van der Waals surface area contributed by atoms with Crippen LogP contribution >= 0.6 is 11.6 Å². The van der Waals surface area contributed by atoms with Crippen LogP contribution < -0.4 is 5.32 Å². The Morgan fingerprint density at radius 2 is 2.09 bits per heavy atom. The van der Waals surface area contributed by atoms with E-state index in [1.165, 1.54) is 12.0 Å². The molecule has 1 fully saturated rings. The Kier molecular flexibility index (Phi) is 7.61. The van der Waals surface area contributed by atoms with Crippen molar-refractivity contribution in [2.24, 2.45) is 5.92 Å². The molecule has 1 aliphatic heterocycles. The zero-order chi connectivity index (χ0) is 22.3. The molecule has 168 valence electrons. The number of hydrogen-bond donors (Lipinski definition) is 1. The van der Waals surface area contributed by atoms with Gasteiger partial charge in [-0.15, -0.1) is 0 Å². The van der Waals surface area contributed by atoms with Gasteiger partial charge in [-0.3, -0.25) is 9.69 Å². The predicted molar refractivity (Wildman–Crippen MR) is 129 cm³/mol. The number of carbonyl (C=O) groups is 1. The number of nitrogens with zero attached hydrogens (tertiary/aromatic N) is 3. The molecule has 5 nitrogen and oxygen atoms in total. The fraction of sp³-hybridized carbons (Fsp3) is 0.385. The fourth-order valence-electron chi connectivity index (χ4n) is 4.45. The highest BCUT2D eigenvalue weighted by molar-refractivity contribution is 6.31. The minimum Gasteiger partial charge on any atom is -0.352 e. The average Bonchev–Trinajstić information content (AvgIpc) is 3.25. The highest BCUT2D eigenvalue weighted by Gasteiger charge is 2.22. The van der Waals surface area contributed by atoms with Crippen LogP contribution in [0.5, 0.6) is 0 Å². The summed E-state index contributed by atoms with van der Waals surface area (Å²) >= 11 is 6.18. The van der Waals surface area contributed by atoms with E-state index in [0.29, 0.717) is 23.9 Å². The largest absolute Gasteiger partial charge is 0.352 e. The van der Waals surface area contributed by atoms with Crippen molar-refractivity contribution in [2.75, 3.05) is 13.1 Å². The molecule has 1 aliphatic rings. The van der Waals surface area contributed by atoms with Crippen molar-refractivity contribution in [3.8, 4) is 5.69 Å². The smallest absolute Gasteiger partial charge is 0.220 e. The lowest BCUT2D eigenvalue weighted by Gasteiger charge is -2.32. The van der Waals surface area contributed by atoms with Gasteiger partial charge in [0.15, 0.2) is 0 Å². The van der Waals surface area contributed by atoms with Gasteiger partial charge >= 0.3 is 0 Å². The van der Waals surface area contributed by atoms with Crippen LogP contribution in [0.4, 0.5) is 0 Å². The van der Waals surface area contributed by atoms with E-state index in [9.17, 15) is 4.79 Å². The molecule has 0 bridgehead atoms. The van der Waals surface area contributed by atoms with Gasteiger partial charge in [0.05, 0.1) is 6.54 Å². The maximum absolute atomic E-state index is 12.4. The van der Waals surface area contributed by atoms with Gasteiger partial charge < -0.3 is 9.88 Å². The summed E-state index contributed by atoms with van der Waals surface area (Å²) < 4.78 is 2.18. The third-order valence-electron chi connectivity index (χ3n) is 6.18. The number of aromatic nitrogens is 2. The molecule has 1 aromatic heterocycles. The molecule has 4 rings (SSSR count). The van der Waals surface area contributed by atoms with Crippen molar-refractivity contribution in [3.63, 3.8) is 0 Å². The molecule has 1 atom stereocenters. The number of piperidine rings is 1. The second-order valence-electron chi connectivity index (χ2n) is 8.70. The van der Waals surface area contributed by atoms with Crippen molar-refractivity contribution >= 4 is 17.5 Å². The lowest BCUT2D eigenvalue weighted by atomic mass is 9.93. The molecule has 2 aromatic carbocycles. The van der Waals surface area contributed by atoms with E-state index < -0.39 is 0 Å². The number of halogens is 1. The lowest BCUT2D eigenvalue weighted by molar-refractivity contribution is -0.121. The second kappa shape index (κ2) is 10.8. The standard InChI is InChI=1S/C26H31ClN4O/c1-20-6-4-9-23(16-20)31-15-13-28-25(31)19-30-14-5-7-21(18-30)11-12-26(32)29-17-22-8-2-3-10-24(22)27/h2-4,6,8-10,13,15-16,21H,5,7,11-12,14,17-19H2,1H3,(H,29,32). The fourth-order valence-corrected chi connectivity index (χ4v) is 4.66. The molecule has 1 N–H and O–H groups in total. The van der Waals surface area contributed by atoms with Crippen LogP contribution in [0.3, 0.4) is 0 Å². The number of carbonyl (C=O) groups excluding carboxylic acids is 1. The number of likely N-dealkylation sites (tertiary alicyclic amines) is 1.